The summed E-state index contributed by atoms with van der Waals surface area (Å²) in [4.78, 5) is 45.0. The number of phenolic OH excluding ortho intramolecular Hbond substituents is 1. The molecule has 6 aromatic rings. The molecule has 0 saturated carbocycles. The quantitative estimate of drug-likeness (QED) is 0.0363. The molecule has 0 radical (unpaired) electrons. The fraction of sp³-hybridized carbons (Fsp3) is 0.128. The molecule has 0 atom stereocenters. The molecule has 6 rings (SSSR count). The molecule has 0 bridgehead atoms. The van der Waals surface area contributed by atoms with E-state index in [0.29, 0.717) is 12.1 Å². The number of aromatic amines is 1. The lowest BCUT2D eigenvalue weighted by Gasteiger charge is -2.14. The van der Waals surface area contributed by atoms with Crippen LogP contribution in [-0.4, -0.2) is 124 Å². The van der Waals surface area contributed by atoms with Crippen molar-refractivity contribution in [1.29, 1.82) is 0 Å². The van der Waals surface area contributed by atoms with Crippen LogP contribution in [0.25, 0.3) is 16.5 Å². The zero-order chi connectivity index (χ0) is 52.2. The van der Waals surface area contributed by atoms with Crippen LogP contribution in [0.1, 0.15) is 26.4 Å². The fourth-order valence-corrected chi connectivity index (χ4v) is 8.27. The molecule has 29 nitrogen and oxygen atoms in total. The number of aromatic hydroxyl groups is 1. The average Bonchev–Trinajstić information content (AvgIpc) is 3.60. The Kier molecular flexibility index (Phi) is 15.2. The maximum absolute atomic E-state index is 13.5. The predicted molar refractivity (Wildman–Crippen MR) is 237 cm³/mol. The number of aromatic carboxylic acids is 2. The number of fused-ring (bicyclic) bond motifs is 1. The number of H-pyrrole nitrogens is 1. The van der Waals surface area contributed by atoms with Crippen molar-refractivity contribution in [3.63, 3.8) is 0 Å². The average molecular weight is 1040 g/mol. The van der Waals surface area contributed by atoms with E-state index in [-0.39, 0.29) is 34.1 Å². The summed E-state index contributed by atoms with van der Waals surface area (Å²) in [6.07, 6.45) is -0.884. The van der Waals surface area contributed by atoms with Crippen molar-refractivity contribution in [3.8, 4) is 22.9 Å². The number of aliphatic hydroxyl groups excluding tert-OH is 2. The second kappa shape index (κ2) is 20.7. The van der Waals surface area contributed by atoms with Gasteiger partial charge in [0.2, 0.25) is 0 Å². The number of rotatable bonds is 20. The van der Waals surface area contributed by atoms with Crippen molar-refractivity contribution in [1.82, 2.24) is 9.78 Å². The van der Waals surface area contributed by atoms with E-state index in [1.54, 1.807) is 0 Å². The summed E-state index contributed by atoms with van der Waals surface area (Å²) in [5, 5.41) is 82.8. The Morgan fingerprint density at radius 1 is 0.606 bits per heavy atom. The van der Waals surface area contributed by atoms with Crippen LogP contribution >= 0.6 is 0 Å². The van der Waals surface area contributed by atoms with E-state index in [2.05, 4.69) is 35.8 Å². The van der Waals surface area contributed by atoms with Crippen LogP contribution in [0.15, 0.2) is 123 Å². The molecule has 71 heavy (non-hydrogen) atoms. The lowest BCUT2D eigenvalue weighted by Crippen LogP contribution is -2.14. The van der Waals surface area contributed by atoms with Gasteiger partial charge in [-0.1, -0.05) is 0 Å². The standard InChI is InChI=1S/C39H32N8O21S3/c48-9-11-67-29-16-27(30(68-12-10-49)15-26(29)42-40-24-7-5-20(69(58,59)60)13-23(24)39(56)57)43-45-34-31(70(61,62)63)14-22-21(35(34)52)6-8-25(36(22)71(64,65)66)41-44-33-28(17-32(50)51)46-47(37(33)53)19-3-1-18(2-4-19)38(54)55/h1-8,13-16,46,48-49,52H,9-12,17H2,(H,50,51)(H,54,55)(H,56,57)(H,58,59,60)(H,61,62,63)(H,64,65,66). The summed E-state index contributed by atoms with van der Waals surface area (Å²) < 4.78 is 117. The zero-order valence-corrected chi connectivity index (χ0v) is 37.7. The Morgan fingerprint density at radius 2 is 1.15 bits per heavy atom. The second-order valence-electron chi connectivity index (χ2n) is 14.0. The number of aliphatic hydroxyl groups is 2. The topological polar surface area (TPSA) is 466 Å². The molecular weight excluding hydrogens is 1010 g/mol. The van der Waals surface area contributed by atoms with Crippen LogP contribution in [0.4, 0.5) is 34.1 Å². The van der Waals surface area contributed by atoms with Gasteiger partial charge < -0.3 is 40.1 Å². The van der Waals surface area contributed by atoms with E-state index >= 15 is 0 Å². The molecule has 32 heteroatoms. The first-order valence-corrected chi connectivity index (χ1v) is 23.6. The largest absolute Gasteiger partial charge is 0.505 e. The number of aromatic nitrogens is 2. The first kappa shape index (κ1) is 52.0. The van der Waals surface area contributed by atoms with Crippen LogP contribution in [0.2, 0.25) is 0 Å². The Labute approximate surface area is 396 Å². The van der Waals surface area contributed by atoms with Crippen molar-refractivity contribution in [3.05, 3.63) is 100.0 Å². The fourth-order valence-electron chi connectivity index (χ4n) is 6.30. The molecular formula is C39H32N8O21S3. The van der Waals surface area contributed by atoms with Gasteiger partial charge in [0.05, 0.1) is 47.0 Å². The number of carboxylic acids is 3. The molecule has 372 valence electrons. The van der Waals surface area contributed by atoms with Gasteiger partial charge in [0.1, 0.15) is 62.9 Å². The summed E-state index contributed by atoms with van der Waals surface area (Å²) >= 11 is 0. The highest BCUT2D eigenvalue weighted by molar-refractivity contribution is 7.86. The van der Waals surface area contributed by atoms with Crippen molar-refractivity contribution < 1.29 is 93.4 Å². The maximum atomic E-state index is 13.5. The summed E-state index contributed by atoms with van der Waals surface area (Å²) in [6, 6.07) is 11.2. The van der Waals surface area contributed by atoms with E-state index in [1.807, 2.05) is 0 Å². The smallest absolute Gasteiger partial charge is 0.338 e. The highest BCUT2D eigenvalue weighted by Crippen LogP contribution is 2.47. The monoisotopic (exact) mass is 1040 g/mol. The van der Waals surface area contributed by atoms with Crippen molar-refractivity contribution in [2.45, 2.75) is 21.1 Å². The molecule has 0 unspecified atom stereocenters. The van der Waals surface area contributed by atoms with Gasteiger partial charge in [-0.05, 0) is 60.7 Å². The number of carbonyl (C=O) groups is 3. The second-order valence-corrected chi connectivity index (χ2v) is 18.2. The van der Waals surface area contributed by atoms with Crippen molar-refractivity contribution in [2.75, 3.05) is 26.4 Å². The molecule has 1 aromatic heterocycles. The lowest BCUT2D eigenvalue weighted by atomic mass is 10.1. The summed E-state index contributed by atoms with van der Waals surface area (Å²) in [5.41, 5.74) is -6.11. The van der Waals surface area contributed by atoms with Gasteiger partial charge in [0.15, 0.2) is 11.4 Å². The van der Waals surface area contributed by atoms with Gasteiger partial charge in [-0.2, -0.15) is 25.3 Å². The van der Waals surface area contributed by atoms with Gasteiger partial charge in [0, 0.05) is 22.9 Å². The summed E-state index contributed by atoms with van der Waals surface area (Å²) in [7, 11) is -15.9. The molecule has 0 aliphatic rings. The van der Waals surface area contributed by atoms with Gasteiger partial charge in [-0.15, -0.1) is 30.7 Å². The predicted octanol–water partition coefficient (Wildman–Crippen LogP) is 4.78. The first-order chi connectivity index (χ1) is 33.3. The number of benzene rings is 5. The first-order valence-electron chi connectivity index (χ1n) is 19.3. The van der Waals surface area contributed by atoms with Gasteiger partial charge in [-0.25, -0.2) is 14.3 Å². The normalized spacial score (nSPS) is 12.4. The van der Waals surface area contributed by atoms with Gasteiger partial charge in [-0.3, -0.25) is 28.3 Å². The Balaban J connectivity index is 1.49. The number of nitrogens with one attached hydrogen (secondary N) is 1. The summed E-state index contributed by atoms with van der Waals surface area (Å²) in [6.45, 7) is -2.12. The van der Waals surface area contributed by atoms with Crippen molar-refractivity contribution in [2.24, 2.45) is 30.7 Å². The zero-order valence-electron chi connectivity index (χ0n) is 35.2. The molecule has 5 aromatic carbocycles. The maximum Gasteiger partial charge on any atom is 0.338 e. The van der Waals surface area contributed by atoms with Crippen molar-refractivity contribution >= 4 is 93.2 Å². The summed E-state index contributed by atoms with van der Waals surface area (Å²) in [5.74, 6) is -6.33. The van der Waals surface area contributed by atoms with Crippen LogP contribution in [0, 0.1) is 0 Å². The minimum atomic E-state index is -5.56. The number of hydrogen-bond donors (Lipinski definition) is 10. The van der Waals surface area contributed by atoms with Crippen LogP contribution in [-0.2, 0) is 41.6 Å². The molecule has 0 spiro atoms. The van der Waals surface area contributed by atoms with Crippen LogP contribution in [0.3, 0.4) is 0 Å². The van der Waals surface area contributed by atoms with E-state index in [1.165, 1.54) is 12.1 Å². The Hall–Kier alpha value is -8.37. The SMILES string of the molecule is O=C(O)Cc1[nH]n(-c2ccc(C(=O)O)cc2)c(=O)c1N=Nc1ccc2c(O)c(N=Nc3cc(OCCO)c(N=Nc4ccc(S(=O)(=O)O)cc4C(=O)O)cc3OCCO)c(S(=O)(=O)O)cc2c1S(=O)(=O)O. The third-order valence-corrected chi connectivity index (χ3v) is 12.0. The number of azo groups is 3. The minimum Gasteiger partial charge on any atom is -0.505 e. The number of aliphatic carboxylic acids is 1. The Bertz CT molecular complexity index is 3650. The minimum absolute atomic E-state index is 0.00542. The third kappa shape index (κ3) is 11.7. The number of nitrogens with zero attached hydrogens (tertiary/aromatic N) is 7. The van der Waals surface area contributed by atoms with Gasteiger partial charge in [0.25, 0.3) is 35.9 Å². The molecule has 0 aliphatic carbocycles. The van der Waals surface area contributed by atoms with E-state index < -0.39 is 152 Å². The highest BCUT2D eigenvalue weighted by Gasteiger charge is 2.29. The number of carboxylic acid groups (broad SMARTS) is 3. The Morgan fingerprint density at radius 3 is 1.68 bits per heavy atom. The highest BCUT2D eigenvalue weighted by atomic mass is 32.2. The number of hydrogen-bond acceptors (Lipinski definition) is 21. The van der Waals surface area contributed by atoms with Crippen LogP contribution in [0.5, 0.6) is 17.2 Å². The van der Waals surface area contributed by atoms with Crippen LogP contribution < -0.4 is 15.0 Å². The van der Waals surface area contributed by atoms with Gasteiger partial charge >= 0.3 is 17.9 Å². The third-order valence-electron chi connectivity index (χ3n) is 9.35. The molecule has 0 amide bonds. The lowest BCUT2D eigenvalue weighted by molar-refractivity contribution is -0.136. The molecule has 0 aliphatic heterocycles. The van der Waals surface area contributed by atoms with E-state index in [4.69, 9.17) is 9.47 Å². The number of phenols is 1. The van der Waals surface area contributed by atoms with E-state index in [0.717, 1.165) is 53.2 Å². The molecule has 10 N–H and O–H groups in total. The van der Waals surface area contributed by atoms with E-state index in [9.17, 15) is 88.7 Å². The molecule has 0 saturated heterocycles. The molecule has 1 heterocycles. The number of ether oxygens (including phenoxy) is 2. The molecule has 0 fully saturated rings.